The van der Waals surface area contributed by atoms with Gasteiger partial charge in [-0.15, -0.1) is 11.3 Å². The van der Waals surface area contributed by atoms with Crippen molar-refractivity contribution < 1.29 is 14.3 Å². The Hall–Kier alpha value is -2.21. The van der Waals surface area contributed by atoms with Gasteiger partial charge in [-0.3, -0.25) is 9.59 Å². The summed E-state index contributed by atoms with van der Waals surface area (Å²) in [6.07, 6.45) is 0.386. The third kappa shape index (κ3) is 4.66. The minimum Gasteiger partial charge on any atom is -0.469 e. The number of hydrogen-bond donors (Lipinski definition) is 1. The molecular weight excluding hydrogens is 300 g/mol. The van der Waals surface area contributed by atoms with Crippen LogP contribution in [0.3, 0.4) is 0 Å². The molecule has 0 fully saturated rings. The van der Waals surface area contributed by atoms with E-state index in [4.69, 9.17) is 0 Å². The Morgan fingerprint density at radius 1 is 1.36 bits per heavy atom. The first kappa shape index (κ1) is 16.2. The van der Waals surface area contributed by atoms with Gasteiger partial charge in [0.2, 0.25) is 5.91 Å². The lowest BCUT2D eigenvalue weighted by Crippen LogP contribution is -2.27. The molecular formula is C16H18N2O3S. The van der Waals surface area contributed by atoms with Crippen LogP contribution in [0.4, 0.5) is 0 Å². The zero-order chi connectivity index (χ0) is 15.9. The normalized spacial score (nSPS) is 10.3. The van der Waals surface area contributed by atoms with Crippen LogP contribution in [0.25, 0.3) is 10.6 Å². The number of ether oxygens (including phenoxy) is 1. The Morgan fingerprint density at radius 2 is 2.18 bits per heavy atom. The van der Waals surface area contributed by atoms with E-state index in [1.807, 2.05) is 30.5 Å². The average molecular weight is 318 g/mol. The van der Waals surface area contributed by atoms with Crippen LogP contribution in [0.5, 0.6) is 0 Å². The SMILES string of the molecule is COC(=O)CCNC(=O)Cc1csc(-c2cccc(C)c2)n1. The molecule has 22 heavy (non-hydrogen) atoms. The van der Waals surface area contributed by atoms with E-state index < -0.39 is 0 Å². The summed E-state index contributed by atoms with van der Waals surface area (Å²) in [5.41, 5.74) is 2.97. The standard InChI is InChI=1S/C16H18N2O3S/c1-11-4-3-5-12(8-11)16-18-13(10-22-16)9-14(19)17-7-6-15(20)21-2/h3-5,8,10H,6-7,9H2,1-2H3,(H,17,19). The average Bonchev–Trinajstić information content (AvgIpc) is 2.95. The van der Waals surface area contributed by atoms with E-state index in [0.29, 0.717) is 0 Å². The maximum atomic E-state index is 11.8. The van der Waals surface area contributed by atoms with Crippen molar-refractivity contribution in [2.75, 3.05) is 13.7 Å². The van der Waals surface area contributed by atoms with Gasteiger partial charge in [-0.2, -0.15) is 0 Å². The highest BCUT2D eigenvalue weighted by molar-refractivity contribution is 7.13. The van der Waals surface area contributed by atoms with Crippen molar-refractivity contribution in [1.82, 2.24) is 10.3 Å². The number of rotatable bonds is 6. The van der Waals surface area contributed by atoms with Crippen molar-refractivity contribution >= 4 is 23.2 Å². The molecule has 0 unspecified atom stereocenters. The summed E-state index contributed by atoms with van der Waals surface area (Å²) in [5.74, 6) is -0.485. The molecule has 0 radical (unpaired) electrons. The molecule has 5 nitrogen and oxygen atoms in total. The summed E-state index contributed by atoms with van der Waals surface area (Å²) < 4.78 is 4.51. The number of benzene rings is 1. The lowest BCUT2D eigenvalue weighted by atomic mass is 10.1. The number of carbonyl (C=O) groups is 2. The first-order chi connectivity index (χ1) is 10.6. The van der Waals surface area contributed by atoms with Gasteiger partial charge in [-0.05, 0) is 13.0 Å². The van der Waals surface area contributed by atoms with E-state index in [9.17, 15) is 9.59 Å². The lowest BCUT2D eigenvalue weighted by molar-refractivity contribution is -0.140. The monoisotopic (exact) mass is 318 g/mol. The fraction of sp³-hybridized carbons (Fsp3) is 0.312. The molecule has 1 amide bonds. The largest absolute Gasteiger partial charge is 0.469 e. The maximum absolute atomic E-state index is 11.8. The molecule has 2 rings (SSSR count). The van der Waals surface area contributed by atoms with E-state index in [1.165, 1.54) is 24.0 Å². The van der Waals surface area contributed by atoms with Gasteiger partial charge < -0.3 is 10.1 Å². The number of hydrogen-bond acceptors (Lipinski definition) is 5. The summed E-state index contributed by atoms with van der Waals surface area (Å²) in [5, 5.41) is 5.47. The van der Waals surface area contributed by atoms with Crippen LogP contribution in [0.2, 0.25) is 0 Å². The predicted octanol–water partition coefficient (Wildman–Crippen LogP) is 2.34. The van der Waals surface area contributed by atoms with Gasteiger partial charge >= 0.3 is 5.97 Å². The minimum atomic E-state index is -0.337. The van der Waals surface area contributed by atoms with Crippen molar-refractivity contribution in [2.24, 2.45) is 0 Å². The zero-order valence-corrected chi connectivity index (χ0v) is 13.4. The first-order valence-corrected chi connectivity index (χ1v) is 7.81. The third-order valence-corrected chi connectivity index (χ3v) is 3.98. The van der Waals surface area contributed by atoms with Gasteiger partial charge in [0.15, 0.2) is 0 Å². The van der Waals surface area contributed by atoms with E-state index >= 15 is 0 Å². The lowest BCUT2D eigenvalue weighted by Gasteiger charge is -2.02. The first-order valence-electron chi connectivity index (χ1n) is 6.93. The number of nitrogens with zero attached hydrogens (tertiary/aromatic N) is 1. The summed E-state index contributed by atoms with van der Waals surface area (Å²) in [6.45, 7) is 2.31. The fourth-order valence-electron chi connectivity index (χ4n) is 1.93. The van der Waals surface area contributed by atoms with Crippen LogP contribution >= 0.6 is 11.3 Å². The Kier molecular flexibility index (Phi) is 5.66. The van der Waals surface area contributed by atoms with Crippen LogP contribution in [0.15, 0.2) is 29.6 Å². The summed E-state index contributed by atoms with van der Waals surface area (Å²) in [4.78, 5) is 27.2. The fourth-order valence-corrected chi connectivity index (χ4v) is 2.75. The molecule has 0 saturated carbocycles. The highest BCUT2D eigenvalue weighted by Crippen LogP contribution is 2.24. The van der Waals surface area contributed by atoms with Crippen molar-refractivity contribution in [3.63, 3.8) is 0 Å². The van der Waals surface area contributed by atoms with Crippen LogP contribution in [-0.4, -0.2) is 30.5 Å². The molecule has 6 heteroatoms. The van der Waals surface area contributed by atoms with Crippen LogP contribution in [0, 0.1) is 6.92 Å². The molecule has 0 spiro atoms. The molecule has 1 N–H and O–H groups in total. The van der Waals surface area contributed by atoms with E-state index in [-0.39, 0.29) is 31.3 Å². The third-order valence-electron chi connectivity index (χ3n) is 3.04. The number of thiazole rings is 1. The van der Waals surface area contributed by atoms with Crippen LogP contribution in [0.1, 0.15) is 17.7 Å². The van der Waals surface area contributed by atoms with Gasteiger partial charge in [0.25, 0.3) is 0 Å². The molecule has 0 aliphatic heterocycles. The van der Waals surface area contributed by atoms with Gasteiger partial charge in [0.1, 0.15) is 5.01 Å². The number of aryl methyl sites for hydroxylation is 1. The van der Waals surface area contributed by atoms with Crippen LogP contribution < -0.4 is 5.32 Å². The second kappa shape index (κ2) is 7.70. The quantitative estimate of drug-likeness (QED) is 0.830. The van der Waals surface area contributed by atoms with Crippen molar-refractivity contribution in [2.45, 2.75) is 19.8 Å². The molecule has 0 bridgehead atoms. The Labute approximate surface area is 133 Å². The number of nitrogens with one attached hydrogen (secondary N) is 1. The molecule has 0 aliphatic carbocycles. The number of esters is 1. The topological polar surface area (TPSA) is 68.3 Å². The second-order valence-electron chi connectivity index (χ2n) is 4.87. The summed E-state index contributed by atoms with van der Waals surface area (Å²) >= 11 is 1.52. The summed E-state index contributed by atoms with van der Waals surface area (Å²) in [7, 11) is 1.33. The van der Waals surface area contributed by atoms with Gasteiger partial charge in [0, 0.05) is 17.5 Å². The van der Waals surface area contributed by atoms with Crippen molar-refractivity contribution in [1.29, 1.82) is 0 Å². The summed E-state index contributed by atoms with van der Waals surface area (Å²) in [6, 6.07) is 8.10. The van der Waals surface area contributed by atoms with E-state index in [1.54, 1.807) is 0 Å². The number of amides is 1. The Morgan fingerprint density at radius 3 is 2.91 bits per heavy atom. The number of methoxy groups -OCH3 is 1. The molecule has 0 atom stereocenters. The number of aromatic nitrogens is 1. The van der Waals surface area contributed by atoms with Crippen molar-refractivity contribution in [3.8, 4) is 10.6 Å². The predicted molar refractivity (Wildman–Crippen MR) is 85.6 cm³/mol. The van der Waals surface area contributed by atoms with Gasteiger partial charge in [-0.25, -0.2) is 4.98 Å². The Bertz CT molecular complexity index is 667. The smallest absolute Gasteiger partial charge is 0.307 e. The van der Waals surface area contributed by atoms with Crippen molar-refractivity contribution in [3.05, 3.63) is 40.9 Å². The second-order valence-corrected chi connectivity index (χ2v) is 5.72. The molecule has 0 saturated heterocycles. The molecule has 1 aromatic heterocycles. The van der Waals surface area contributed by atoms with E-state index in [2.05, 4.69) is 21.1 Å². The molecule has 1 heterocycles. The molecule has 0 aliphatic rings. The molecule has 2 aromatic rings. The molecule has 1 aromatic carbocycles. The molecule has 116 valence electrons. The van der Waals surface area contributed by atoms with Gasteiger partial charge in [0.05, 0.1) is 25.6 Å². The van der Waals surface area contributed by atoms with Gasteiger partial charge in [-0.1, -0.05) is 23.8 Å². The Balaban J connectivity index is 1.89. The van der Waals surface area contributed by atoms with Crippen LogP contribution in [-0.2, 0) is 20.7 Å². The minimum absolute atomic E-state index is 0.148. The van der Waals surface area contributed by atoms with E-state index in [0.717, 1.165) is 16.3 Å². The zero-order valence-electron chi connectivity index (χ0n) is 12.6. The number of carbonyl (C=O) groups excluding carboxylic acids is 2. The highest BCUT2D eigenvalue weighted by Gasteiger charge is 2.09. The maximum Gasteiger partial charge on any atom is 0.307 e. The highest BCUT2D eigenvalue weighted by atomic mass is 32.1.